The lowest BCUT2D eigenvalue weighted by Crippen LogP contribution is -2.38. The molecule has 0 spiro atoms. The molecule has 0 aromatic carbocycles. The van der Waals surface area contributed by atoms with E-state index in [0.29, 0.717) is 18.2 Å². The Morgan fingerprint density at radius 1 is 1.20 bits per heavy atom. The number of rotatable bonds is 7. The molecular formula is C21H27N7OS. The average molecular weight is 426 g/mol. The fourth-order valence-corrected chi connectivity index (χ4v) is 4.69. The van der Waals surface area contributed by atoms with Gasteiger partial charge in [0.1, 0.15) is 0 Å². The summed E-state index contributed by atoms with van der Waals surface area (Å²) in [7, 11) is 1.94. The Morgan fingerprint density at radius 2 is 1.97 bits per heavy atom. The van der Waals surface area contributed by atoms with E-state index in [-0.39, 0.29) is 11.9 Å². The summed E-state index contributed by atoms with van der Waals surface area (Å²) >= 11 is 1.55. The third-order valence-electron chi connectivity index (χ3n) is 5.50. The minimum absolute atomic E-state index is 0.109. The Hall–Kier alpha value is -2.68. The van der Waals surface area contributed by atoms with E-state index in [2.05, 4.69) is 43.4 Å². The van der Waals surface area contributed by atoms with Gasteiger partial charge in [-0.2, -0.15) is 5.10 Å². The molecule has 1 fully saturated rings. The van der Waals surface area contributed by atoms with E-state index in [9.17, 15) is 4.79 Å². The summed E-state index contributed by atoms with van der Waals surface area (Å²) in [6.07, 6.45) is 12.1. The molecule has 0 atom stereocenters. The molecule has 3 aromatic heterocycles. The molecule has 9 heteroatoms. The Labute approximate surface area is 180 Å². The molecule has 1 amide bonds. The van der Waals surface area contributed by atoms with Crippen LogP contribution >= 0.6 is 11.8 Å². The predicted molar refractivity (Wildman–Crippen MR) is 116 cm³/mol. The highest BCUT2D eigenvalue weighted by atomic mass is 32.2. The van der Waals surface area contributed by atoms with E-state index < -0.39 is 0 Å². The Kier molecular flexibility index (Phi) is 6.47. The summed E-state index contributed by atoms with van der Waals surface area (Å²) in [5, 5.41) is 17.0. The van der Waals surface area contributed by atoms with Gasteiger partial charge in [0.2, 0.25) is 5.91 Å². The van der Waals surface area contributed by atoms with E-state index in [1.54, 1.807) is 24.2 Å². The summed E-state index contributed by atoms with van der Waals surface area (Å²) in [5.41, 5.74) is 2.17. The number of pyridine rings is 1. The van der Waals surface area contributed by atoms with E-state index >= 15 is 0 Å². The zero-order valence-corrected chi connectivity index (χ0v) is 18.2. The minimum Gasteiger partial charge on any atom is -0.353 e. The second-order valence-electron chi connectivity index (χ2n) is 7.77. The number of carbonyl (C=O) groups is 1. The first-order chi connectivity index (χ1) is 14.6. The zero-order chi connectivity index (χ0) is 20.9. The molecule has 3 heterocycles. The molecule has 4 rings (SSSR count). The molecule has 3 aromatic rings. The Balaban J connectivity index is 1.20. The molecule has 0 unspecified atom stereocenters. The minimum atomic E-state index is 0.109. The normalized spacial score (nSPS) is 19.0. The van der Waals surface area contributed by atoms with Crippen molar-refractivity contribution in [3.8, 4) is 11.4 Å². The number of hydrogen-bond donors (Lipinski definition) is 1. The smallest absolute Gasteiger partial charge is 0.221 e. The molecular weight excluding hydrogens is 398 g/mol. The molecule has 0 aliphatic heterocycles. The SMILES string of the molecule is Cc1cnn(C2CCC(NC(=O)CCSc3nnc(-c4ccncc4)n3C)CC2)c1. The fourth-order valence-electron chi connectivity index (χ4n) is 3.85. The summed E-state index contributed by atoms with van der Waals surface area (Å²) in [6.45, 7) is 2.06. The maximum atomic E-state index is 12.4. The van der Waals surface area contributed by atoms with Crippen LogP contribution in [0.25, 0.3) is 11.4 Å². The summed E-state index contributed by atoms with van der Waals surface area (Å²) in [4.78, 5) is 16.4. The number of aromatic nitrogens is 6. The van der Waals surface area contributed by atoms with Gasteiger partial charge in [0.15, 0.2) is 11.0 Å². The monoisotopic (exact) mass is 425 g/mol. The van der Waals surface area contributed by atoms with Crippen LogP contribution in [-0.4, -0.2) is 47.2 Å². The number of nitrogens with zero attached hydrogens (tertiary/aromatic N) is 6. The lowest BCUT2D eigenvalue weighted by atomic mass is 9.91. The summed E-state index contributed by atoms with van der Waals surface area (Å²) in [6, 6.07) is 4.54. The first-order valence-corrected chi connectivity index (χ1v) is 11.3. The van der Waals surface area contributed by atoms with Crippen molar-refractivity contribution in [2.24, 2.45) is 7.05 Å². The number of nitrogens with one attached hydrogen (secondary N) is 1. The first kappa shape index (κ1) is 20.6. The van der Waals surface area contributed by atoms with Crippen LogP contribution in [0, 0.1) is 6.92 Å². The molecule has 0 saturated heterocycles. The maximum Gasteiger partial charge on any atom is 0.221 e. The van der Waals surface area contributed by atoms with Gasteiger partial charge < -0.3 is 9.88 Å². The van der Waals surface area contributed by atoms with Crippen molar-refractivity contribution in [1.82, 2.24) is 34.8 Å². The molecule has 0 bridgehead atoms. The van der Waals surface area contributed by atoms with Crippen LogP contribution in [-0.2, 0) is 11.8 Å². The largest absolute Gasteiger partial charge is 0.353 e. The van der Waals surface area contributed by atoms with Crippen LogP contribution < -0.4 is 5.32 Å². The van der Waals surface area contributed by atoms with Crippen molar-refractivity contribution in [2.75, 3.05) is 5.75 Å². The van der Waals surface area contributed by atoms with Crippen molar-refractivity contribution < 1.29 is 4.79 Å². The number of hydrogen-bond acceptors (Lipinski definition) is 6. The fraction of sp³-hybridized carbons (Fsp3) is 0.476. The van der Waals surface area contributed by atoms with Gasteiger partial charge in [-0.05, 0) is 50.3 Å². The predicted octanol–water partition coefficient (Wildman–Crippen LogP) is 3.16. The van der Waals surface area contributed by atoms with E-state index in [1.807, 2.05) is 29.9 Å². The van der Waals surface area contributed by atoms with Gasteiger partial charge in [0.05, 0.1) is 12.2 Å². The maximum absolute atomic E-state index is 12.4. The van der Waals surface area contributed by atoms with Crippen LogP contribution in [0.3, 0.4) is 0 Å². The van der Waals surface area contributed by atoms with Crippen molar-refractivity contribution in [2.45, 2.75) is 56.3 Å². The lowest BCUT2D eigenvalue weighted by molar-refractivity contribution is -0.121. The Bertz CT molecular complexity index is 976. The summed E-state index contributed by atoms with van der Waals surface area (Å²) in [5.74, 6) is 1.58. The summed E-state index contributed by atoms with van der Waals surface area (Å²) < 4.78 is 4.03. The van der Waals surface area contributed by atoms with Crippen molar-refractivity contribution >= 4 is 17.7 Å². The van der Waals surface area contributed by atoms with Gasteiger partial charge >= 0.3 is 0 Å². The van der Waals surface area contributed by atoms with Gasteiger partial charge in [-0.25, -0.2) is 0 Å². The number of aryl methyl sites for hydroxylation is 1. The van der Waals surface area contributed by atoms with Crippen LogP contribution in [0.15, 0.2) is 42.1 Å². The van der Waals surface area contributed by atoms with Crippen molar-refractivity contribution in [3.05, 3.63) is 42.5 Å². The zero-order valence-electron chi connectivity index (χ0n) is 17.4. The van der Waals surface area contributed by atoms with Crippen LogP contribution in [0.2, 0.25) is 0 Å². The molecule has 1 saturated carbocycles. The molecule has 1 aliphatic carbocycles. The highest BCUT2D eigenvalue weighted by molar-refractivity contribution is 7.99. The quantitative estimate of drug-likeness (QED) is 0.585. The highest BCUT2D eigenvalue weighted by Crippen LogP contribution is 2.28. The van der Waals surface area contributed by atoms with Crippen LogP contribution in [0.5, 0.6) is 0 Å². The van der Waals surface area contributed by atoms with Gasteiger partial charge in [-0.1, -0.05) is 11.8 Å². The topological polar surface area (TPSA) is 90.5 Å². The van der Waals surface area contributed by atoms with Gasteiger partial charge in [0, 0.05) is 49.4 Å². The number of carbonyl (C=O) groups excluding carboxylic acids is 1. The molecule has 158 valence electrons. The van der Waals surface area contributed by atoms with Gasteiger partial charge in [-0.3, -0.25) is 14.5 Å². The molecule has 8 nitrogen and oxygen atoms in total. The molecule has 30 heavy (non-hydrogen) atoms. The number of thioether (sulfide) groups is 1. The van der Waals surface area contributed by atoms with E-state index in [1.165, 1.54) is 5.56 Å². The van der Waals surface area contributed by atoms with E-state index in [4.69, 9.17) is 0 Å². The van der Waals surface area contributed by atoms with E-state index in [0.717, 1.165) is 42.2 Å². The first-order valence-electron chi connectivity index (χ1n) is 10.3. The van der Waals surface area contributed by atoms with Crippen molar-refractivity contribution in [1.29, 1.82) is 0 Å². The second-order valence-corrected chi connectivity index (χ2v) is 8.83. The standard InChI is InChI=1S/C21H27N7OS/c1-15-13-23-28(14-15)18-5-3-17(4-6-18)24-19(29)9-12-30-21-26-25-20(27(21)2)16-7-10-22-11-8-16/h7-8,10-11,13-14,17-18H,3-6,9,12H2,1-2H3,(H,24,29). The molecule has 1 aliphatic rings. The highest BCUT2D eigenvalue weighted by Gasteiger charge is 2.24. The van der Waals surface area contributed by atoms with Crippen LogP contribution in [0.1, 0.15) is 43.7 Å². The third kappa shape index (κ3) is 4.89. The second kappa shape index (κ2) is 9.42. The average Bonchev–Trinajstić information content (AvgIpc) is 3.35. The third-order valence-corrected chi connectivity index (χ3v) is 6.52. The molecule has 0 radical (unpaired) electrons. The number of amides is 1. The van der Waals surface area contributed by atoms with Crippen molar-refractivity contribution in [3.63, 3.8) is 0 Å². The van der Waals surface area contributed by atoms with Crippen LogP contribution in [0.4, 0.5) is 0 Å². The molecule has 1 N–H and O–H groups in total. The Morgan fingerprint density at radius 3 is 2.67 bits per heavy atom. The van der Waals surface area contributed by atoms with Gasteiger partial charge in [0.25, 0.3) is 0 Å². The van der Waals surface area contributed by atoms with Gasteiger partial charge in [-0.15, -0.1) is 10.2 Å². The lowest BCUT2D eigenvalue weighted by Gasteiger charge is -2.29.